The summed E-state index contributed by atoms with van der Waals surface area (Å²) in [5.74, 6) is 0.167. The summed E-state index contributed by atoms with van der Waals surface area (Å²) in [5, 5.41) is 10.0. The molecule has 0 spiro atoms. The van der Waals surface area contributed by atoms with Crippen LogP contribution in [0.4, 0.5) is 4.39 Å². The Labute approximate surface area is 137 Å². The van der Waals surface area contributed by atoms with E-state index in [1.54, 1.807) is 0 Å². The van der Waals surface area contributed by atoms with E-state index in [-0.39, 0.29) is 12.5 Å². The fraction of sp³-hybridized carbons (Fsp3) is 0.400. The first-order valence-electron chi connectivity index (χ1n) is 8.34. The van der Waals surface area contributed by atoms with E-state index in [9.17, 15) is 9.50 Å². The molecule has 2 aromatic carbocycles. The summed E-state index contributed by atoms with van der Waals surface area (Å²) in [6, 6.07) is 20.2. The molecule has 1 unspecified atom stereocenters. The highest BCUT2D eigenvalue weighted by Gasteiger charge is 2.36. The normalized spacial score (nSPS) is 17.2. The lowest BCUT2D eigenvalue weighted by Gasteiger charge is -2.26. The summed E-state index contributed by atoms with van der Waals surface area (Å²) in [6.45, 7) is 1.64. The highest BCUT2D eigenvalue weighted by Crippen LogP contribution is 2.35. The third-order valence-electron chi connectivity index (χ3n) is 4.41. The van der Waals surface area contributed by atoms with Crippen LogP contribution in [-0.2, 0) is 13.1 Å². The molecule has 0 bridgehead atoms. The first-order valence-corrected chi connectivity index (χ1v) is 8.34. The monoisotopic (exact) mass is 313 g/mol. The zero-order valence-electron chi connectivity index (χ0n) is 13.3. The van der Waals surface area contributed by atoms with Crippen molar-refractivity contribution in [1.82, 2.24) is 4.90 Å². The minimum atomic E-state index is -1.19. The van der Waals surface area contributed by atoms with Crippen molar-refractivity contribution in [2.45, 2.75) is 38.2 Å². The van der Waals surface area contributed by atoms with Gasteiger partial charge < -0.3 is 5.11 Å². The molecule has 2 nitrogen and oxygen atoms in total. The number of hydrogen-bond acceptors (Lipinski definition) is 2. The molecule has 1 aliphatic carbocycles. The van der Waals surface area contributed by atoms with Gasteiger partial charge in [0.1, 0.15) is 6.17 Å². The fourth-order valence-electron chi connectivity index (χ4n) is 2.96. The van der Waals surface area contributed by atoms with Crippen LogP contribution >= 0.6 is 0 Å². The number of rotatable bonds is 8. The highest BCUT2D eigenvalue weighted by molar-refractivity contribution is 5.17. The topological polar surface area (TPSA) is 23.5 Å². The molecule has 3 rings (SSSR count). The molecule has 0 amide bonds. The molecule has 1 saturated carbocycles. The number of alkyl halides is 1. The Balaban J connectivity index is 1.67. The van der Waals surface area contributed by atoms with Crippen molar-refractivity contribution in [3.63, 3.8) is 0 Å². The zero-order chi connectivity index (χ0) is 16.1. The molecule has 3 heteroatoms. The molecule has 0 heterocycles. The SMILES string of the molecule is OC(C1CC1)[C@H](F)CN(Cc1ccccc1)Cc1ccccc1. The van der Waals surface area contributed by atoms with Crippen LogP contribution in [0, 0.1) is 5.92 Å². The number of benzene rings is 2. The minimum Gasteiger partial charge on any atom is -0.390 e. The summed E-state index contributed by atoms with van der Waals surface area (Å²) < 4.78 is 14.5. The Morgan fingerprint density at radius 1 is 0.913 bits per heavy atom. The summed E-state index contributed by atoms with van der Waals surface area (Å²) in [5.41, 5.74) is 2.33. The third-order valence-corrected chi connectivity index (χ3v) is 4.41. The van der Waals surface area contributed by atoms with Crippen LogP contribution in [0.15, 0.2) is 60.7 Å². The lowest BCUT2D eigenvalue weighted by Crippen LogP contribution is -2.37. The number of nitrogens with zero attached hydrogens (tertiary/aromatic N) is 1. The Bertz CT molecular complexity index is 544. The molecule has 1 fully saturated rings. The average Bonchev–Trinajstić information content (AvgIpc) is 3.41. The van der Waals surface area contributed by atoms with Crippen LogP contribution in [0.1, 0.15) is 24.0 Å². The highest BCUT2D eigenvalue weighted by atomic mass is 19.1. The molecule has 0 saturated heterocycles. The minimum absolute atomic E-state index is 0.167. The second kappa shape index (κ2) is 7.71. The van der Waals surface area contributed by atoms with Gasteiger partial charge >= 0.3 is 0 Å². The molecular formula is C20H24FNO. The van der Waals surface area contributed by atoms with E-state index >= 15 is 0 Å². The van der Waals surface area contributed by atoms with Gasteiger partial charge in [-0.05, 0) is 29.9 Å². The van der Waals surface area contributed by atoms with Crippen LogP contribution in [0.5, 0.6) is 0 Å². The predicted molar refractivity (Wildman–Crippen MR) is 90.6 cm³/mol. The van der Waals surface area contributed by atoms with Crippen molar-refractivity contribution in [2.75, 3.05) is 6.54 Å². The van der Waals surface area contributed by atoms with Crippen molar-refractivity contribution < 1.29 is 9.50 Å². The Morgan fingerprint density at radius 3 is 1.83 bits per heavy atom. The van der Waals surface area contributed by atoms with Crippen LogP contribution in [0.3, 0.4) is 0 Å². The molecule has 122 valence electrons. The van der Waals surface area contributed by atoms with Crippen LogP contribution in [-0.4, -0.2) is 28.8 Å². The van der Waals surface area contributed by atoms with Gasteiger partial charge in [0.15, 0.2) is 0 Å². The van der Waals surface area contributed by atoms with Gasteiger partial charge in [-0.25, -0.2) is 4.39 Å². The maximum absolute atomic E-state index is 14.5. The standard InChI is InChI=1S/C20H24FNO/c21-19(20(23)18-11-12-18)15-22(13-16-7-3-1-4-8-16)14-17-9-5-2-6-10-17/h1-10,18-20,23H,11-15H2/t19-,20?/m1/s1. The second-order valence-electron chi connectivity index (χ2n) is 6.48. The molecule has 1 aliphatic rings. The van der Waals surface area contributed by atoms with Gasteiger partial charge in [0.05, 0.1) is 6.10 Å². The summed E-state index contributed by atoms with van der Waals surface area (Å²) in [7, 11) is 0. The molecule has 0 aliphatic heterocycles. The molecule has 0 radical (unpaired) electrons. The number of aliphatic hydroxyl groups is 1. The quantitative estimate of drug-likeness (QED) is 0.801. The summed E-state index contributed by atoms with van der Waals surface area (Å²) >= 11 is 0. The number of halogens is 1. The van der Waals surface area contributed by atoms with Crippen LogP contribution in [0.25, 0.3) is 0 Å². The van der Waals surface area contributed by atoms with E-state index in [0.717, 1.165) is 24.0 Å². The van der Waals surface area contributed by atoms with Crippen molar-refractivity contribution in [1.29, 1.82) is 0 Å². The van der Waals surface area contributed by atoms with Gasteiger partial charge in [0.2, 0.25) is 0 Å². The molecule has 2 aromatic rings. The van der Waals surface area contributed by atoms with E-state index in [1.807, 2.05) is 36.4 Å². The Hall–Kier alpha value is -1.71. The summed E-state index contributed by atoms with van der Waals surface area (Å²) in [4.78, 5) is 2.08. The first-order chi connectivity index (χ1) is 11.2. The summed E-state index contributed by atoms with van der Waals surface area (Å²) in [6.07, 6.45) is -0.0864. The van der Waals surface area contributed by atoms with E-state index in [0.29, 0.717) is 13.1 Å². The Kier molecular flexibility index (Phi) is 5.42. The van der Waals surface area contributed by atoms with Gasteiger partial charge in [-0.15, -0.1) is 0 Å². The molecule has 1 N–H and O–H groups in total. The zero-order valence-corrected chi connectivity index (χ0v) is 13.3. The lowest BCUT2D eigenvalue weighted by molar-refractivity contribution is 0.0337. The lowest BCUT2D eigenvalue weighted by atomic mass is 10.1. The van der Waals surface area contributed by atoms with Crippen molar-refractivity contribution >= 4 is 0 Å². The second-order valence-corrected chi connectivity index (χ2v) is 6.48. The van der Waals surface area contributed by atoms with E-state index < -0.39 is 12.3 Å². The number of hydrogen-bond donors (Lipinski definition) is 1. The van der Waals surface area contributed by atoms with Crippen molar-refractivity contribution in [2.24, 2.45) is 5.92 Å². The van der Waals surface area contributed by atoms with Crippen molar-refractivity contribution in [3.8, 4) is 0 Å². The van der Waals surface area contributed by atoms with Crippen LogP contribution < -0.4 is 0 Å². The van der Waals surface area contributed by atoms with Gasteiger partial charge in [0, 0.05) is 19.6 Å². The van der Waals surface area contributed by atoms with Crippen molar-refractivity contribution in [3.05, 3.63) is 71.8 Å². The molecule has 23 heavy (non-hydrogen) atoms. The third kappa shape index (κ3) is 4.88. The van der Waals surface area contributed by atoms with Gasteiger partial charge in [-0.3, -0.25) is 4.90 Å². The van der Waals surface area contributed by atoms with E-state index in [4.69, 9.17) is 0 Å². The predicted octanol–water partition coefficient (Wildman–Crippen LogP) is 3.80. The first kappa shape index (κ1) is 16.2. The largest absolute Gasteiger partial charge is 0.390 e. The van der Waals surface area contributed by atoms with Gasteiger partial charge in [0.25, 0.3) is 0 Å². The van der Waals surface area contributed by atoms with E-state index in [2.05, 4.69) is 29.2 Å². The molecule has 0 aromatic heterocycles. The van der Waals surface area contributed by atoms with Crippen LogP contribution in [0.2, 0.25) is 0 Å². The molecular weight excluding hydrogens is 289 g/mol. The van der Waals surface area contributed by atoms with E-state index in [1.165, 1.54) is 0 Å². The fourth-order valence-corrected chi connectivity index (χ4v) is 2.96. The Morgan fingerprint density at radius 2 is 1.39 bits per heavy atom. The average molecular weight is 313 g/mol. The number of aliphatic hydroxyl groups excluding tert-OH is 1. The van der Waals surface area contributed by atoms with Gasteiger partial charge in [-0.2, -0.15) is 0 Å². The van der Waals surface area contributed by atoms with Gasteiger partial charge in [-0.1, -0.05) is 60.7 Å². The smallest absolute Gasteiger partial charge is 0.139 e. The molecule has 2 atom stereocenters. The maximum atomic E-state index is 14.5. The maximum Gasteiger partial charge on any atom is 0.139 e.